The van der Waals surface area contributed by atoms with Gasteiger partial charge in [-0.2, -0.15) is 0 Å². The molecule has 12 heavy (non-hydrogen) atoms. The van der Waals surface area contributed by atoms with Crippen molar-refractivity contribution in [1.29, 1.82) is 0 Å². The van der Waals surface area contributed by atoms with Crippen molar-refractivity contribution in [2.45, 2.75) is 39.0 Å². The van der Waals surface area contributed by atoms with E-state index in [-0.39, 0.29) is 5.41 Å². The minimum absolute atomic E-state index is 0.0942. The van der Waals surface area contributed by atoms with E-state index in [4.69, 9.17) is 0 Å². The van der Waals surface area contributed by atoms with Crippen LogP contribution < -0.4 is 0 Å². The van der Waals surface area contributed by atoms with Crippen LogP contribution in [0.1, 0.15) is 39.0 Å². The lowest BCUT2D eigenvalue weighted by Gasteiger charge is -2.24. The smallest absolute Gasteiger partial charge is 0.136 e. The molecule has 1 heteroatoms. The van der Waals surface area contributed by atoms with Gasteiger partial charge >= 0.3 is 0 Å². The van der Waals surface area contributed by atoms with Gasteiger partial charge in [-0.05, 0) is 44.9 Å². The van der Waals surface area contributed by atoms with E-state index in [2.05, 4.69) is 12.2 Å². The first-order valence-electron chi connectivity index (χ1n) is 4.93. The van der Waals surface area contributed by atoms with Crippen molar-refractivity contribution in [3.63, 3.8) is 0 Å². The largest absolute Gasteiger partial charge is 0.299 e. The van der Waals surface area contributed by atoms with Crippen LogP contribution in [0.15, 0.2) is 12.2 Å². The molecule has 0 aliphatic heterocycles. The van der Waals surface area contributed by atoms with Crippen LogP contribution in [-0.2, 0) is 4.79 Å². The molecule has 1 saturated carbocycles. The fraction of sp³-hybridized carbons (Fsp3) is 0.727. The molecule has 0 spiro atoms. The Balaban J connectivity index is 2.12. The molecule has 2 rings (SSSR count). The predicted octanol–water partition coefficient (Wildman–Crippen LogP) is 2.71. The fourth-order valence-electron chi connectivity index (χ4n) is 2.39. The summed E-state index contributed by atoms with van der Waals surface area (Å²) >= 11 is 0. The molecule has 0 radical (unpaired) electrons. The minimum Gasteiger partial charge on any atom is -0.299 e. The van der Waals surface area contributed by atoms with E-state index in [0.29, 0.717) is 11.7 Å². The molecular weight excluding hydrogens is 148 g/mol. The first-order valence-corrected chi connectivity index (χ1v) is 4.93. The summed E-state index contributed by atoms with van der Waals surface area (Å²) < 4.78 is 0. The topological polar surface area (TPSA) is 17.1 Å². The van der Waals surface area contributed by atoms with Crippen molar-refractivity contribution in [1.82, 2.24) is 0 Å². The van der Waals surface area contributed by atoms with Crippen LogP contribution in [0.25, 0.3) is 0 Å². The Morgan fingerprint density at radius 3 is 2.67 bits per heavy atom. The fourth-order valence-corrected chi connectivity index (χ4v) is 2.39. The minimum atomic E-state index is 0.0942. The summed E-state index contributed by atoms with van der Waals surface area (Å²) in [5, 5.41) is 0. The van der Waals surface area contributed by atoms with Crippen LogP contribution >= 0.6 is 0 Å². The van der Waals surface area contributed by atoms with E-state index < -0.39 is 0 Å². The van der Waals surface area contributed by atoms with E-state index >= 15 is 0 Å². The number of Topliss-reactive ketones (excluding diaryl/α,β-unsaturated/α-hetero) is 1. The van der Waals surface area contributed by atoms with Crippen LogP contribution in [0.2, 0.25) is 0 Å². The third kappa shape index (κ3) is 1.12. The molecule has 0 aromatic rings. The predicted molar refractivity (Wildman–Crippen MR) is 48.8 cm³/mol. The molecule has 2 aliphatic carbocycles. The molecular formula is C11H16O. The Morgan fingerprint density at radius 1 is 1.50 bits per heavy atom. The average molecular weight is 164 g/mol. The standard InChI is InChI=1S/C11H16O/c1-9(12)11(7-8-11)10-5-3-2-4-6-10/h3,5,10H,2,4,6-8H2,1H3. The second kappa shape index (κ2) is 2.72. The zero-order chi connectivity index (χ0) is 8.60. The van der Waals surface area contributed by atoms with E-state index in [9.17, 15) is 4.79 Å². The van der Waals surface area contributed by atoms with Crippen molar-refractivity contribution in [2.75, 3.05) is 0 Å². The van der Waals surface area contributed by atoms with Crippen LogP contribution in [0, 0.1) is 11.3 Å². The summed E-state index contributed by atoms with van der Waals surface area (Å²) in [6.07, 6.45) is 10.5. The van der Waals surface area contributed by atoms with Gasteiger partial charge in [0.1, 0.15) is 5.78 Å². The van der Waals surface area contributed by atoms with E-state index in [1.807, 2.05) is 0 Å². The van der Waals surface area contributed by atoms with Crippen molar-refractivity contribution < 1.29 is 4.79 Å². The Hall–Kier alpha value is -0.590. The van der Waals surface area contributed by atoms with E-state index in [1.54, 1.807) is 6.92 Å². The average Bonchev–Trinajstić information content (AvgIpc) is 2.86. The van der Waals surface area contributed by atoms with Gasteiger partial charge in [-0.1, -0.05) is 12.2 Å². The van der Waals surface area contributed by atoms with Gasteiger partial charge in [-0.15, -0.1) is 0 Å². The molecule has 2 aliphatic rings. The SMILES string of the molecule is CC(=O)C1(C2C=CCCC2)CC1. The van der Waals surface area contributed by atoms with Gasteiger partial charge in [0.25, 0.3) is 0 Å². The van der Waals surface area contributed by atoms with Gasteiger partial charge in [0, 0.05) is 5.41 Å². The Morgan fingerprint density at radius 2 is 2.25 bits per heavy atom. The molecule has 1 atom stereocenters. The number of carbonyl (C=O) groups is 1. The highest BCUT2D eigenvalue weighted by Crippen LogP contribution is 2.55. The Bertz CT molecular complexity index is 223. The van der Waals surface area contributed by atoms with Crippen LogP contribution in [0.4, 0.5) is 0 Å². The van der Waals surface area contributed by atoms with Gasteiger partial charge in [0.2, 0.25) is 0 Å². The second-order valence-corrected chi connectivity index (χ2v) is 4.18. The van der Waals surface area contributed by atoms with Gasteiger partial charge in [-0.25, -0.2) is 0 Å². The number of carbonyl (C=O) groups excluding carboxylic acids is 1. The number of allylic oxidation sites excluding steroid dienone is 2. The highest BCUT2D eigenvalue weighted by atomic mass is 16.1. The number of hydrogen-bond acceptors (Lipinski definition) is 1. The maximum atomic E-state index is 11.4. The summed E-state index contributed by atoms with van der Waals surface area (Å²) in [4.78, 5) is 11.4. The lowest BCUT2D eigenvalue weighted by Crippen LogP contribution is -2.23. The zero-order valence-electron chi connectivity index (χ0n) is 7.68. The van der Waals surface area contributed by atoms with Crippen molar-refractivity contribution in [3.05, 3.63) is 12.2 Å². The number of rotatable bonds is 2. The van der Waals surface area contributed by atoms with Crippen LogP contribution in [0.3, 0.4) is 0 Å². The monoisotopic (exact) mass is 164 g/mol. The van der Waals surface area contributed by atoms with Crippen LogP contribution in [0.5, 0.6) is 0 Å². The molecule has 1 fully saturated rings. The highest BCUT2D eigenvalue weighted by molar-refractivity contribution is 5.85. The molecule has 0 amide bonds. The van der Waals surface area contributed by atoms with Crippen molar-refractivity contribution in [2.24, 2.45) is 11.3 Å². The summed E-state index contributed by atoms with van der Waals surface area (Å²) in [6.45, 7) is 1.76. The molecule has 1 unspecified atom stereocenters. The van der Waals surface area contributed by atoms with Gasteiger partial charge in [0.05, 0.1) is 0 Å². The Kier molecular flexibility index (Phi) is 1.82. The molecule has 0 bridgehead atoms. The maximum Gasteiger partial charge on any atom is 0.136 e. The quantitative estimate of drug-likeness (QED) is 0.573. The first kappa shape index (κ1) is 8.03. The zero-order valence-corrected chi connectivity index (χ0v) is 7.68. The van der Waals surface area contributed by atoms with Crippen molar-refractivity contribution >= 4 is 5.78 Å². The van der Waals surface area contributed by atoms with Gasteiger partial charge in [-0.3, -0.25) is 4.79 Å². The van der Waals surface area contributed by atoms with Crippen molar-refractivity contribution in [3.8, 4) is 0 Å². The normalized spacial score (nSPS) is 31.6. The molecule has 0 heterocycles. The third-order valence-corrected chi connectivity index (χ3v) is 3.45. The molecule has 0 saturated heterocycles. The van der Waals surface area contributed by atoms with E-state index in [1.165, 1.54) is 19.3 Å². The number of hydrogen-bond donors (Lipinski definition) is 0. The molecule has 0 N–H and O–H groups in total. The van der Waals surface area contributed by atoms with Gasteiger partial charge < -0.3 is 0 Å². The summed E-state index contributed by atoms with van der Waals surface area (Å²) in [7, 11) is 0. The van der Waals surface area contributed by atoms with E-state index in [0.717, 1.165) is 12.8 Å². The second-order valence-electron chi connectivity index (χ2n) is 4.18. The Labute approximate surface area is 73.8 Å². The third-order valence-electron chi connectivity index (χ3n) is 3.45. The molecule has 1 nitrogen and oxygen atoms in total. The lowest BCUT2D eigenvalue weighted by atomic mass is 9.80. The van der Waals surface area contributed by atoms with Crippen LogP contribution in [-0.4, -0.2) is 5.78 Å². The van der Waals surface area contributed by atoms with Gasteiger partial charge in [0.15, 0.2) is 0 Å². The first-order chi connectivity index (χ1) is 5.76. The highest BCUT2D eigenvalue weighted by Gasteiger charge is 2.51. The summed E-state index contributed by atoms with van der Waals surface area (Å²) in [5.74, 6) is 0.989. The lowest BCUT2D eigenvalue weighted by molar-refractivity contribution is -0.123. The molecule has 66 valence electrons. The maximum absolute atomic E-state index is 11.4. The molecule has 0 aromatic heterocycles. The number of ketones is 1. The molecule has 0 aromatic carbocycles. The summed E-state index contributed by atoms with van der Waals surface area (Å²) in [5.41, 5.74) is 0.0942. The summed E-state index contributed by atoms with van der Waals surface area (Å²) in [6, 6.07) is 0.